The van der Waals surface area contributed by atoms with Crippen molar-refractivity contribution in [1.82, 2.24) is 4.90 Å². The number of sulfone groups is 1. The average Bonchev–Trinajstić information content (AvgIpc) is 2.53. The molecule has 0 saturated carbocycles. The Morgan fingerprint density at radius 3 is 2.42 bits per heavy atom. The van der Waals surface area contributed by atoms with Crippen molar-refractivity contribution in [3.05, 3.63) is 71.5 Å². The topological polar surface area (TPSA) is 54.5 Å². The third-order valence-electron chi connectivity index (χ3n) is 3.88. The minimum atomic E-state index is -3.67. The van der Waals surface area contributed by atoms with Crippen LogP contribution in [0.25, 0.3) is 0 Å². The molecule has 0 heterocycles. The first-order valence-corrected chi connectivity index (χ1v) is 9.36. The van der Waals surface area contributed by atoms with E-state index in [-0.39, 0.29) is 11.8 Å². The van der Waals surface area contributed by atoms with Crippen LogP contribution in [-0.2, 0) is 20.4 Å². The predicted octanol–water partition coefficient (Wildman–Crippen LogP) is 2.96. The van der Waals surface area contributed by atoms with Gasteiger partial charge in [0, 0.05) is 7.05 Å². The van der Waals surface area contributed by atoms with Crippen LogP contribution >= 0.6 is 0 Å². The molecule has 0 aromatic heterocycles. The maximum Gasteiger partial charge on any atom is 0.238 e. The molecule has 0 aliphatic heterocycles. The monoisotopic (exact) mass is 349 g/mol. The molecule has 2 aromatic rings. The van der Waals surface area contributed by atoms with Crippen molar-refractivity contribution in [1.29, 1.82) is 0 Å². The summed E-state index contributed by atoms with van der Waals surface area (Å²) in [7, 11) is -2.09. The number of hydrogen-bond acceptors (Lipinski definition) is 3. The van der Waals surface area contributed by atoms with Gasteiger partial charge in [0.1, 0.15) is 11.6 Å². The molecule has 1 unspecified atom stereocenters. The SMILES string of the molecule is CC(c1ccccc1)N(C)C(=O)CS(=O)(=O)Cc1cccc(F)c1. The van der Waals surface area contributed by atoms with Crippen molar-refractivity contribution in [2.45, 2.75) is 18.7 Å². The summed E-state index contributed by atoms with van der Waals surface area (Å²) in [6, 6.07) is 14.5. The molecule has 2 rings (SSSR count). The predicted molar refractivity (Wildman–Crippen MR) is 91.5 cm³/mol. The van der Waals surface area contributed by atoms with E-state index < -0.39 is 27.3 Å². The first-order valence-electron chi connectivity index (χ1n) is 7.54. The van der Waals surface area contributed by atoms with Gasteiger partial charge in [0.25, 0.3) is 0 Å². The van der Waals surface area contributed by atoms with E-state index in [0.717, 1.165) is 5.56 Å². The minimum absolute atomic E-state index is 0.233. The fourth-order valence-corrected chi connectivity index (χ4v) is 3.76. The summed E-state index contributed by atoms with van der Waals surface area (Å²) in [6.45, 7) is 1.84. The van der Waals surface area contributed by atoms with E-state index in [1.54, 1.807) is 7.05 Å². The summed E-state index contributed by atoms with van der Waals surface area (Å²) >= 11 is 0. The molecule has 0 aliphatic carbocycles. The number of rotatable bonds is 6. The van der Waals surface area contributed by atoms with Crippen LogP contribution in [0.15, 0.2) is 54.6 Å². The maximum absolute atomic E-state index is 13.2. The Labute approximate surface area is 141 Å². The molecule has 1 atom stereocenters. The van der Waals surface area contributed by atoms with Crippen LogP contribution in [0.3, 0.4) is 0 Å². The lowest BCUT2D eigenvalue weighted by atomic mass is 10.1. The number of carbonyl (C=O) groups is 1. The summed E-state index contributed by atoms with van der Waals surface area (Å²) in [5.74, 6) is -1.94. The van der Waals surface area contributed by atoms with E-state index in [1.165, 1.54) is 29.2 Å². The fraction of sp³-hybridized carbons (Fsp3) is 0.278. The van der Waals surface area contributed by atoms with Gasteiger partial charge in [-0.05, 0) is 30.2 Å². The van der Waals surface area contributed by atoms with E-state index in [0.29, 0.717) is 5.56 Å². The molecule has 0 radical (unpaired) electrons. The first kappa shape index (κ1) is 18.1. The van der Waals surface area contributed by atoms with Crippen LogP contribution in [-0.4, -0.2) is 32.0 Å². The van der Waals surface area contributed by atoms with Crippen molar-refractivity contribution in [2.24, 2.45) is 0 Å². The molecule has 4 nitrogen and oxygen atoms in total. The van der Waals surface area contributed by atoms with Gasteiger partial charge in [0.2, 0.25) is 5.91 Å². The van der Waals surface area contributed by atoms with E-state index in [9.17, 15) is 17.6 Å². The largest absolute Gasteiger partial charge is 0.338 e. The summed E-state index contributed by atoms with van der Waals surface area (Å²) in [5, 5.41) is 0. The molecule has 0 spiro atoms. The number of halogens is 1. The van der Waals surface area contributed by atoms with Crippen molar-refractivity contribution in [2.75, 3.05) is 12.8 Å². The normalized spacial score (nSPS) is 12.6. The van der Waals surface area contributed by atoms with Crippen LogP contribution in [0.4, 0.5) is 4.39 Å². The zero-order valence-electron chi connectivity index (χ0n) is 13.6. The summed E-state index contributed by atoms with van der Waals surface area (Å²) in [4.78, 5) is 13.7. The maximum atomic E-state index is 13.2. The van der Waals surface area contributed by atoms with Crippen LogP contribution < -0.4 is 0 Å². The molecule has 6 heteroatoms. The average molecular weight is 349 g/mol. The zero-order valence-corrected chi connectivity index (χ0v) is 14.5. The second kappa shape index (κ2) is 7.57. The molecule has 0 bridgehead atoms. The van der Waals surface area contributed by atoms with E-state index in [1.807, 2.05) is 37.3 Å². The molecule has 24 heavy (non-hydrogen) atoms. The molecule has 128 valence electrons. The quantitative estimate of drug-likeness (QED) is 0.806. The summed E-state index contributed by atoms with van der Waals surface area (Å²) in [6.07, 6.45) is 0. The van der Waals surface area contributed by atoms with Crippen LogP contribution in [0.1, 0.15) is 24.1 Å². The molecule has 2 aromatic carbocycles. The Hall–Kier alpha value is -2.21. The lowest BCUT2D eigenvalue weighted by Gasteiger charge is -2.25. The van der Waals surface area contributed by atoms with Crippen LogP contribution in [0.2, 0.25) is 0 Å². The first-order chi connectivity index (χ1) is 11.3. The minimum Gasteiger partial charge on any atom is -0.338 e. The Bertz CT molecular complexity index is 806. The van der Waals surface area contributed by atoms with Gasteiger partial charge < -0.3 is 4.90 Å². The zero-order chi connectivity index (χ0) is 17.7. The van der Waals surface area contributed by atoms with Gasteiger partial charge in [-0.3, -0.25) is 4.79 Å². The summed E-state index contributed by atoms with van der Waals surface area (Å²) in [5.41, 5.74) is 1.26. The summed E-state index contributed by atoms with van der Waals surface area (Å²) < 4.78 is 37.6. The number of carbonyl (C=O) groups excluding carboxylic acids is 1. The van der Waals surface area contributed by atoms with Crippen LogP contribution in [0, 0.1) is 5.82 Å². The Morgan fingerprint density at radius 2 is 1.79 bits per heavy atom. The number of amides is 1. The van der Waals surface area contributed by atoms with E-state index in [4.69, 9.17) is 0 Å². The van der Waals surface area contributed by atoms with Gasteiger partial charge in [-0.15, -0.1) is 0 Å². The third kappa shape index (κ3) is 4.89. The molecule has 0 aliphatic rings. The highest BCUT2D eigenvalue weighted by molar-refractivity contribution is 7.91. The molecule has 0 saturated heterocycles. The highest BCUT2D eigenvalue weighted by atomic mass is 32.2. The Morgan fingerprint density at radius 1 is 1.12 bits per heavy atom. The van der Waals surface area contributed by atoms with Gasteiger partial charge >= 0.3 is 0 Å². The molecule has 0 N–H and O–H groups in total. The number of nitrogens with zero attached hydrogens (tertiary/aromatic N) is 1. The van der Waals surface area contributed by atoms with Gasteiger partial charge in [-0.2, -0.15) is 0 Å². The lowest BCUT2D eigenvalue weighted by Crippen LogP contribution is -2.34. The molecular formula is C18H20FNO3S. The molecular weight excluding hydrogens is 329 g/mol. The van der Waals surface area contributed by atoms with Crippen molar-refractivity contribution >= 4 is 15.7 Å². The smallest absolute Gasteiger partial charge is 0.238 e. The lowest BCUT2D eigenvalue weighted by molar-refractivity contribution is -0.129. The Balaban J connectivity index is 2.04. The van der Waals surface area contributed by atoms with Gasteiger partial charge in [0.05, 0.1) is 11.8 Å². The standard InChI is InChI=1S/C18H20FNO3S/c1-14(16-8-4-3-5-9-16)20(2)18(21)13-24(22,23)12-15-7-6-10-17(19)11-15/h3-11,14H,12-13H2,1-2H3. The van der Waals surface area contributed by atoms with Crippen molar-refractivity contribution in [3.8, 4) is 0 Å². The van der Waals surface area contributed by atoms with E-state index in [2.05, 4.69) is 0 Å². The second-order valence-electron chi connectivity index (χ2n) is 5.75. The van der Waals surface area contributed by atoms with Crippen LogP contribution in [0.5, 0.6) is 0 Å². The second-order valence-corrected chi connectivity index (χ2v) is 7.82. The highest BCUT2D eigenvalue weighted by Crippen LogP contribution is 2.19. The number of benzene rings is 2. The molecule has 0 fully saturated rings. The molecule has 1 amide bonds. The van der Waals surface area contributed by atoms with Crippen molar-refractivity contribution in [3.63, 3.8) is 0 Å². The van der Waals surface area contributed by atoms with Crippen molar-refractivity contribution < 1.29 is 17.6 Å². The Kier molecular flexibility index (Phi) is 5.72. The number of hydrogen-bond donors (Lipinski definition) is 0. The fourth-order valence-electron chi connectivity index (χ4n) is 2.39. The highest BCUT2D eigenvalue weighted by Gasteiger charge is 2.23. The van der Waals surface area contributed by atoms with Gasteiger partial charge in [0.15, 0.2) is 9.84 Å². The van der Waals surface area contributed by atoms with Gasteiger partial charge in [-0.1, -0.05) is 42.5 Å². The van der Waals surface area contributed by atoms with E-state index >= 15 is 0 Å². The third-order valence-corrected chi connectivity index (χ3v) is 5.34. The van der Waals surface area contributed by atoms with Gasteiger partial charge in [-0.25, -0.2) is 12.8 Å².